The van der Waals surface area contributed by atoms with Crippen molar-refractivity contribution in [2.24, 2.45) is 0 Å². The van der Waals surface area contributed by atoms with Crippen LogP contribution in [0.25, 0.3) is 0 Å². The van der Waals surface area contributed by atoms with Crippen molar-refractivity contribution >= 4 is 21.4 Å². The zero-order valence-electron chi connectivity index (χ0n) is 12.7. The number of carbonyl (C=O) groups excluding carboxylic acids is 1. The summed E-state index contributed by atoms with van der Waals surface area (Å²) >= 11 is 0. The van der Waals surface area contributed by atoms with Gasteiger partial charge in [-0.1, -0.05) is 42.8 Å². The molecular formula is C17H19NO3S. The Morgan fingerprint density at radius 1 is 1.05 bits per heavy atom. The summed E-state index contributed by atoms with van der Waals surface area (Å²) < 4.78 is 24.5. The molecule has 0 aliphatic rings. The van der Waals surface area contributed by atoms with Gasteiger partial charge in [0.15, 0.2) is 9.84 Å². The first kappa shape index (κ1) is 16.2. The van der Waals surface area contributed by atoms with Gasteiger partial charge < -0.3 is 5.32 Å². The summed E-state index contributed by atoms with van der Waals surface area (Å²) in [6.45, 7) is 3.86. The zero-order valence-corrected chi connectivity index (χ0v) is 13.5. The molecule has 116 valence electrons. The van der Waals surface area contributed by atoms with E-state index < -0.39 is 21.5 Å². The highest BCUT2D eigenvalue weighted by Gasteiger charge is 2.19. The smallest absolute Gasteiger partial charge is 0.239 e. The Labute approximate surface area is 131 Å². The van der Waals surface area contributed by atoms with E-state index in [1.54, 1.807) is 18.2 Å². The van der Waals surface area contributed by atoms with E-state index in [9.17, 15) is 13.2 Å². The Morgan fingerprint density at radius 2 is 1.68 bits per heavy atom. The Morgan fingerprint density at radius 3 is 2.32 bits per heavy atom. The quantitative estimate of drug-likeness (QED) is 0.922. The van der Waals surface area contributed by atoms with Gasteiger partial charge in [-0.25, -0.2) is 8.42 Å². The number of amides is 1. The van der Waals surface area contributed by atoms with Crippen LogP contribution in [0.15, 0.2) is 53.4 Å². The lowest BCUT2D eigenvalue weighted by atomic mass is 10.1. The summed E-state index contributed by atoms with van der Waals surface area (Å²) in [5.74, 6) is -1.09. The second-order valence-corrected chi connectivity index (χ2v) is 7.12. The lowest BCUT2D eigenvalue weighted by Crippen LogP contribution is -2.23. The average molecular weight is 317 g/mol. The molecule has 0 aliphatic heterocycles. The van der Waals surface area contributed by atoms with Crippen LogP contribution < -0.4 is 5.32 Å². The molecule has 0 saturated carbocycles. The standard InChI is InChI=1S/C17H19NO3S/c1-3-14-6-4-5-7-16(14)18-17(19)12-22(20,21)15-10-8-13(2)9-11-15/h4-11H,3,12H2,1-2H3,(H,18,19). The van der Waals surface area contributed by atoms with Gasteiger partial charge in [-0.15, -0.1) is 0 Å². The number of para-hydroxylation sites is 1. The van der Waals surface area contributed by atoms with Gasteiger partial charge in [0.1, 0.15) is 5.75 Å². The number of anilines is 1. The van der Waals surface area contributed by atoms with Crippen LogP contribution in [-0.4, -0.2) is 20.1 Å². The molecule has 22 heavy (non-hydrogen) atoms. The van der Waals surface area contributed by atoms with Crippen molar-refractivity contribution in [3.63, 3.8) is 0 Å². The SMILES string of the molecule is CCc1ccccc1NC(=O)CS(=O)(=O)c1ccc(C)cc1. The Kier molecular flexibility index (Phi) is 4.98. The highest BCUT2D eigenvalue weighted by molar-refractivity contribution is 7.92. The number of hydrogen-bond donors (Lipinski definition) is 1. The van der Waals surface area contributed by atoms with Gasteiger partial charge in [-0.2, -0.15) is 0 Å². The highest BCUT2D eigenvalue weighted by Crippen LogP contribution is 2.17. The number of benzene rings is 2. The fourth-order valence-corrected chi connectivity index (χ4v) is 3.27. The summed E-state index contributed by atoms with van der Waals surface area (Å²) in [7, 11) is -3.63. The maximum atomic E-state index is 12.2. The molecule has 0 radical (unpaired) electrons. The van der Waals surface area contributed by atoms with Crippen molar-refractivity contribution in [3.8, 4) is 0 Å². The average Bonchev–Trinajstić information content (AvgIpc) is 2.47. The van der Waals surface area contributed by atoms with Gasteiger partial charge in [-0.3, -0.25) is 4.79 Å². The first-order valence-electron chi connectivity index (χ1n) is 7.09. The minimum atomic E-state index is -3.63. The summed E-state index contributed by atoms with van der Waals surface area (Å²) in [4.78, 5) is 12.2. The molecule has 0 bridgehead atoms. The molecule has 0 fully saturated rings. The van der Waals surface area contributed by atoms with E-state index in [2.05, 4.69) is 5.32 Å². The van der Waals surface area contributed by atoms with Crippen LogP contribution in [0, 0.1) is 6.92 Å². The van der Waals surface area contributed by atoms with Gasteiger partial charge >= 0.3 is 0 Å². The van der Waals surface area contributed by atoms with E-state index in [1.807, 2.05) is 32.0 Å². The Bertz CT molecular complexity index is 765. The number of sulfone groups is 1. The van der Waals surface area contributed by atoms with E-state index in [1.165, 1.54) is 12.1 Å². The van der Waals surface area contributed by atoms with Crippen LogP contribution in [0.1, 0.15) is 18.1 Å². The first-order chi connectivity index (χ1) is 10.4. The van der Waals surface area contributed by atoms with E-state index in [0.29, 0.717) is 5.69 Å². The number of aryl methyl sites for hydroxylation is 2. The van der Waals surface area contributed by atoms with Gasteiger partial charge in [0.2, 0.25) is 5.91 Å². The summed E-state index contributed by atoms with van der Waals surface area (Å²) in [5, 5.41) is 2.68. The van der Waals surface area contributed by atoms with Crippen LogP contribution >= 0.6 is 0 Å². The molecule has 2 aromatic carbocycles. The number of nitrogens with one attached hydrogen (secondary N) is 1. The zero-order chi connectivity index (χ0) is 16.2. The molecule has 0 saturated heterocycles. The molecule has 1 N–H and O–H groups in total. The van der Waals surface area contributed by atoms with Crippen LogP contribution in [0.3, 0.4) is 0 Å². The third-order valence-corrected chi connectivity index (χ3v) is 5.01. The highest BCUT2D eigenvalue weighted by atomic mass is 32.2. The molecule has 2 aromatic rings. The third-order valence-electron chi connectivity index (χ3n) is 3.37. The van der Waals surface area contributed by atoms with E-state index in [0.717, 1.165) is 17.5 Å². The van der Waals surface area contributed by atoms with Crippen molar-refractivity contribution in [2.75, 3.05) is 11.1 Å². The molecule has 0 atom stereocenters. The van der Waals surface area contributed by atoms with Crippen molar-refractivity contribution in [2.45, 2.75) is 25.2 Å². The number of rotatable bonds is 5. The van der Waals surface area contributed by atoms with Gasteiger partial charge in [0, 0.05) is 5.69 Å². The lowest BCUT2D eigenvalue weighted by molar-refractivity contribution is -0.113. The predicted molar refractivity (Wildman–Crippen MR) is 87.7 cm³/mol. The van der Waals surface area contributed by atoms with Crippen molar-refractivity contribution in [1.29, 1.82) is 0 Å². The normalized spacial score (nSPS) is 11.2. The van der Waals surface area contributed by atoms with Crippen LogP contribution in [0.5, 0.6) is 0 Å². The van der Waals surface area contributed by atoms with E-state index in [4.69, 9.17) is 0 Å². The predicted octanol–water partition coefficient (Wildman–Crippen LogP) is 2.97. The number of carbonyl (C=O) groups is 1. The number of hydrogen-bond acceptors (Lipinski definition) is 3. The van der Waals surface area contributed by atoms with E-state index >= 15 is 0 Å². The molecule has 5 heteroatoms. The molecule has 4 nitrogen and oxygen atoms in total. The van der Waals surface area contributed by atoms with Gasteiger partial charge in [0.25, 0.3) is 0 Å². The molecule has 0 aromatic heterocycles. The topological polar surface area (TPSA) is 63.2 Å². The molecule has 1 amide bonds. The fourth-order valence-electron chi connectivity index (χ4n) is 2.14. The van der Waals surface area contributed by atoms with Crippen LogP contribution in [-0.2, 0) is 21.1 Å². The minimum Gasteiger partial charge on any atom is -0.325 e. The van der Waals surface area contributed by atoms with Gasteiger partial charge in [-0.05, 0) is 37.1 Å². The van der Waals surface area contributed by atoms with Crippen molar-refractivity contribution in [1.82, 2.24) is 0 Å². The first-order valence-corrected chi connectivity index (χ1v) is 8.75. The molecule has 0 unspecified atom stereocenters. The second kappa shape index (κ2) is 6.75. The fraction of sp³-hybridized carbons (Fsp3) is 0.235. The van der Waals surface area contributed by atoms with Crippen LogP contribution in [0.4, 0.5) is 5.69 Å². The molecule has 0 aliphatic carbocycles. The molecule has 0 heterocycles. The van der Waals surface area contributed by atoms with Gasteiger partial charge in [0.05, 0.1) is 4.90 Å². The lowest BCUT2D eigenvalue weighted by Gasteiger charge is -2.10. The summed E-state index contributed by atoms with van der Waals surface area (Å²) in [6.07, 6.45) is 0.765. The Balaban J connectivity index is 2.13. The molecular weight excluding hydrogens is 298 g/mol. The minimum absolute atomic E-state index is 0.164. The third kappa shape index (κ3) is 3.95. The Hall–Kier alpha value is -2.14. The van der Waals surface area contributed by atoms with Crippen molar-refractivity contribution in [3.05, 3.63) is 59.7 Å². The summed E-state index contributed by atoms with van der Waals surface area (Å²) in [5.41, 5.74) is 2.61. The molecule has 0 spiro atoms. The largest absolute Gasteiger partial charge is 0.325 e. The monoisotopic (exact) mass is 317 g/mol. The van der Waals surface area contributed by atoms with Crippen molar-refractivity contribution < 1.29 is 13.2 Å². The van der Waals surface area contributed by atoms with Crippen LogP contribution in [0.2, 0.25) is 0 Å². The maximum absolute atomic E-state index is 12.2. The summed E-state index contributed by atoms with van der Waals surface area (Å²) in [6, 6.07) is 13.9. The van der Waals surface area contributed by atoms with E-state index in [-0.39, 0.29) is 4.90 Å². The second-order valence-electron chi connectivity index (χ2n) is 5.13. The molecule has 2 rings (SSSR count). The maximum Gasteiger partial charge on any atom is 0.239 e.